The average Bonchev–Trinajstić information content (AvgIpc) is 2.93. The fourth-order valence-electron chi connectivity index (χ4n) is 1.85. The molecular formula is C14H12N2O5. The van der Waals surface area contributed by atoms with Crippen LogP contribution in [0.3, 0.4) is 0 Å². The van der Waals surface area contributed by atoms with E-state index in [1.807, 2.05) is 0 Å². The maximum atomic E-state index is 11.8. The van der Waals surface area contributed by atoms with Gasteiger partial charge in [-0.25, -0.2) is 14.3 Å². The molecule has 2 aromatic rings. The van der Waals surface area contributed by atoms with Crippen LogP contribution in [0.4, 0.5) is 0 Å². The first kappa shape index (κ1) is 14.4. The average molecular weight is 288 g/mol. The second-order valence-electron chi connectivity index (χ2n) is 3.96. The van der Waals surface area contributed by atoms with Gasteiger partial charge in [-0.15, -0.1) is 0 Å². The Morgan fingerprint density at radius 2 is 1.71 bits per heavy atom. The van der Waals surface area contributed by atoms with Crippen LogP contribution in [0.25, 0.3) is 5.69 Å². The number of benzene rings is 1. The van der Waals surface area contributed by atoms with Crippen molar-refractivity contribution < 1.29 is 23.9 Å². The fourth-order valence-corrected chi connectivity index (χ4v) is 1.85. The van der Waals surface area contributed by atoms with Gasteiger partial charge >= 0.3 is 11.9 Å². The maximum Gasteiger partial charge on any atom is 0.359 e. The smallest absolute Gasteiger partial charge is 0.359 e. The zero-order valence-electron chi connectivity index (χ0n) is 11.4. The molecule has 0 atom stereocenters. The predicted molar refractivity (Wildman–Crippen MR) is 71.6 cm³/mol. The summed E-state index contributed by atoms with van der Waals surface area (Å²) in [5.74, 6) is -1.66. The van der Waals surface area contributed by atoms with Crippen LogP contribution >= 0.6 is 0 Å². The first-order valence-electron chi connectivity index (χ1n) is 5.94. The highest BCUT2D eigenvalue weighted by atomic mass is 16.5. The predicted octanol–water partition coefficient (Wildman–Crippen LogP) is 1.26. The number of aromatic nitrogens is 2. The summed E-state index contributed by atoms with van der Waals surface area (Å²) >= 11 is 0. The van der Waals surface area contributed by atoms with Crippen molar-refractivity contribution in [3.05, 3.63) is 47.3 Å². The van der Waals surface area contributed by atoms with E-state index in [9.17, 15) is 14.4 Å². The Labute approximate surface area is 120 Å². The van der Waals surface area contributed by atoms with Crippen molar-refractivity contribution >= 4 is 18.2 Å². The second-order valence-corrected chi connectivity index (χ2v) is 3.96. The van der Waals surface area contributed by atoms with Gasteiger partial charge in [0.1, 0.15) is 11.3 Å². The first-order chi connectivity index (χ1) is 10.1. The van der Waals surface area contributed by atoms with E-state index in [0.717, 1.165) is 14.2 Å². The van der Waals surface area contributed by atoms with Crippen LogP contribution in [-0.4, -0.2) is 42.2 Å². The van der Waals surface area contributed by atoms with E-state index in [2.05, 4.69) is 14.6 Å². The summed E-state index contributed by atoms with van der Waals surface area (Å²) in [6, 6.07) is 8.63. The highest BCUT2D eigenvalue weighted by Gasteiger charge is 2.29. The topological polar surface area (TPSA) is 87.5 Å². The minimum Gasteiger partial charge on any atom is -0.465 e. The van der Waals surface area contributed by atoms with Crippen LogP contribution < -0.4 is 0 Å². The Bertz CT molecular complexity index is 691. The molecule has 21 heavy (non-hydrogen) atoms. The lowest BCUT2D eigenvalue weighted by molar-refractivity contribution is 0.0551. The minimum absolute atomic E-state index is 0.0755. The van der Waals surface area contributed by atoms with Gasteiger partial charge in [0.05, 0.1) is 19.9 Å². The molecule has 2 rings (SSSR count). The Kier molecular flexibility index (Phi) is 4.13. The number of carbonyl (C=O) groups excluding carboxylic acids is 3. The summed E-state index contributed by atoms with van der Waals surface area (Å²) in [5, 5.41) is 4.00. The summed E-state index contributed by atoms with van der Waals surface area (Å²) < 4.78 is 10.4. The van der Waals surface area contributed by atoms with Gasteiger partial charge < -0.3 is 9.47 Å². The molecule has 0 radical (unpaired) electrons. The van der Waals surface area contributed by atoms with Crippen LogP contribution in [0.1, 0.15) is 31.3 Å². The van der Waals surface area contributed by atoms with Gasteiger partial charge in [0.2, 0.25) is 0 Å². The van der Waals surface area contributed by atoms with Crippen LogP contribution in [0.2, 0.25) is 0 Å². The Hall–Kier alpha value is -2.96. The molecule has 0 spiro atoms. The maximum absolute atomic E-state index is 11.8. The van der Waals surface area contributed by atoms with Gasteiger partial charge in [-0.3, -0.25) is 4.79 Å². The lowest BCUT2D eigenvalue weighted by Crippen LogP contribution is -2.12. The third-order valence-electron chi connectivity index (χ3n) is 2.80. The van der Waals surface area contributed by atoms with Gasteiger partial charge in [0.15, 0.2) is 12.0 Å². The summed E-state index contributed by atoms with van der Waals surface area (Å²) in [7, 11) is 2.31. The quantitative estimate of drug-likeness (QED) is 0.621. The van der Waals surface area contributed by atoms with Crippen LogP contribution in [0.15, 0.2) is 30.3 Å². The van der Waals surface area contributed by atoms with E-state index in [-0.39, 0.29) is 17.0 Å². The molecule has 0 amide bonds. The summed E-state index contributed by atoms with van der Waals surface area (Å²) in [4.78, 5) is 34.9. The van der Waals surface area contributed by atoms with Gasteiger partial charge in [0.25, 0.3) is 0 Å². The molecule has 0 aliphatic carbocycles. The van der Waals surface area contributed by atoms with Crippen molar-refractivity contribution in [2.24, 2.45) is 0 Å². The largest absolute Gasteiger partial charge is 0.465 e. The Balaban J connectivity index is 2.73. The monoisotopic (exact) mass is 288 g/mol. The molecule has 1 aromatic carbocycles. The van der Waals surface area contributed by atoms with Crippen LogP contribution in [0, 0.1) is 0 Å². The molecular weight excluding hydrogens is 276 g/mol. The molecule has 7 heteroatoms. The van der Waals surface area contributed by atoms with Gasteiger partial charge in [-0.1, -0.05) is 18.2 Å². The Morgan fingerprint density at radius 1 is 1.10 bits per heavy atom. The molecule has 0 saturated heterocycles. The Morgan fingerprint density at radius 3 is 2.24 bits per heavy atom. The molecule has 0 fully saturated rings. The number of nitrogens with zero attached hydrogens (tertiary/aromatic N) is 2. The zero-order chi connectivity index (χ0) is 15.4. The molecule has 0 bridgehead atoms. The molecule has 1 heterocycles. The number of carbonyl (C=O) groups is 3. The van der Waals surface area contributed by atoms with Crippen LogP contribution in [-0.2, 0) is 9.47 Å². The lowest BCUT2D eigenvalue weighted by Gasteiger charge is -2.03. The number of aldehydes is 1. The van der Waals surface area contributed by atoms with Gasteiger partial charge in [-0.05, 0) is 12.1 Å². The molecule has 0 saturated carbocycles. The number of ether oxygens (including phenoxy) is 2. The zero-order valence-corrected chi connectivity index (χ0v) is 11.4. The van der Waals surface area contributed by atoms with E-state index >= 15 is 0 Å². The number of esters is 2. The number of hydrogen-bond acceptors (Lipinski definition) is 6. The van der Waals surface area contributed by atoms with Crippen molar-refractivity contribution in [1.82, 2.24) is 9.78 Å². The van der Waals surface area contributed by atoms with E-state index in [1.54, 1.807) is 30.3 Å². The van der Waals surface area contributed by atoms with Gasteiger partial charge in [-0.2, -0.15) is 5.10 Å². The number of hydrogen-bond donors (Lipinski definition) is 0. The molecule has 0 aliphatic heterocycles. The van der Waals surface area contributed by atoms with Crippen molar-refractivity contribution in [3.63, 3.8) is 0 Å². The highest BCUT2D eigenvalue weighted by molar-refractivity contribution is 6.06. The highest BCUT2D eigenvalue weighted by Crippen LogP contribution is 2.19. The summed E-state index contributed by atoms with van der Waals surface area (Å²) in [6.45, 7) is 0. The third kappa shape index (κ3) is 2.53. The minimum atomic E-state index is -0.834. The first-order valence-corrected chi connectivity index (χ1v) is 5.94. The number of rotatable bonds is 4. The van der Waals surface area contributed by atoms with Gasteiger partial charge in [0, 0.05) is 0 Å². The second kappa shape index (κ2) is 6.00. The molecule has 0 unspecified atom stereocenters. The third-order valence-corrected chi connectivity index (χ3v) is 2.80. The summed E-state index contributed by atoms with van der Waals surface area (Å²) in [6.07, 6.45) is 0.443. The normalized spacial score (nSPS) is 10.0. The molecule has 7 nitrogen and oxygen atoms in total. The SMILES string of the molecule is COC(=O)c1nn(-c2ccccc2)c(C=O)c1C(=O)OC. The number of methoxy groups -OCH3 is 2. The van der Waals surface area contributed by atoms with Crippen molar-refractivity contribution in [3.8, 4) is 5.69 Å². The standard InChI is InChI=1S/C14H12N2O5/c1-20-13(18)11-10(8-17)16(9-6-4-3-5-7-9)15-12(11)14(19)21-2/h3-8H,1-2H3. The molecule has 1 aromatic heterocycles. The molecule has 108 valence electrons. The van der Waals surface area contributed by atoms with Crippen molar-refractivity contribution in [1.29, 1.82) is 0 Å². The fraction of sp³-hybridized carbons (Fsp3) is 0.143. The van der Waals surface area contributed by atoms with E-state index in [0.29, 0.717) is 12.0 Å². The lowest BCUT2D eigenvalue weighted by atomic mass is 10.2. The van der Waals surface area contributed by atoms with Crippen molar-refractivity contribution in [2.75, 3.05) is 14.2 Å². The molecule has 0 aliphatic rings. The van der Waals surface area contributed by atoms with Crippen LogP contribution in [0.5, 0.6) is 0 Å². The van der Waals surface area contributed by atoms with E-state index < -0.39 is 11.9 Å². The summed E-state index contributed by atoms with van der Waals surface area (Å²) in [5.41, 5.74) is -0.0353. The molecule has 0 N–H and O–H groups in total. The van der Waals surface area contributed by atoms with Crippen molar-refractivity contribution in [2.45, 2.75) is 0 Å². The number of para-hydroxylation sites is 1. The van der Waals surface area contributed by atoms with E-state index in [1.165, 1.54) is 4.68 Å². The van der Waals surface area contributed by atoms with E-state index in [4.69, 9.17) is 0 Å².